The summed E-state index contributed by atoms with van der Waals surface area (Å²) < 4.78 is 25.1. The molecule has 2 heterocycles. The average Bonchev–Trinajstić information content (AvgIpc) is 3.05. The highest BCUT2D eigenvalue weighted by Crippen LogP contribution is 2.33. The zero-order valence-electron chi connectivity index (χ0n) is 13.4. The summed E-state index contributed by atoms with van der Waals surface area (Å²) in [5.74, 6) is -2.36. The van der Waals surface area contributed by atoms with Crippen molar-refractivity contribution in [1.82, 2.24) is 15.1 Å². The van der Waals surface area contributed by atoms with E-state index in [9.17, 15) is 18.0 Å². The SMILES string of the molecule is O=C(NCCO)C(=O)Nc1c2c(nn1-c1cccc(Cl)c1)CS(=O)(=O)C2. The number of carbonyl (C=O) groups is 2. The van der Waals surface area contributed by atoms with Crippen LogP contribution in [0.25, 0.3) is 5.69 Å². The lowest BCUT2D eigenvalue weighted by Gasteiger charge is -2.11. The normalized spacial score (nSPS) is 14.7. The first-order valence-corrected chi connectivity index (χ1v) is 9.78. The fourth-order valence-corrected chi connectivity index (χ4v) is 4.26. The Kier molecular flexibility index (Phi) is 4.99. The summed E-state index contributed by atoms with van der Waals surface area (Å²) in [6, 6.07) is 6.62. The molecule has 0 atom stereocenters. The van der Waals surface area contributed by atoms with Crippen LogP contribution in [-0.2, 0) is 30.9 Å². The van der Waals surface area contributed by atoms with Gasteiger partial charge in [0.1, 0.15) is 5.82 Å². The van der Waals surface area contributed by atoms with Crippen molar-refractivity contribution < 1.29 is 23.1 Å². The molecule has 1 aliphatic heterocycles. The van der Waals surface area contributed by atoms with E-state index in [-0.39, 0.29) is 30.5 Å². The fourth-order valence-electron chi connectivity index (χ4n) is 2.58. The Bertz CT molecular complexity index is 986. The summed E-state index contributed by atoms with van der Waals surface area (Å²) in [6.45, 7) is -0.389. The minimum Gasteiger partial charge on any atom is -0.395 e. The quantitative estimate of drug-likeness (QED) is 0.621. The van der Waals surface area contributed by atoms with Gasteiger partial charge in [-0.15, -0.1) is 0 Å². The Hall–Kier alpha value is -2.43. The van der Waals surface area contributed by atoms with E-state index in [0.717, 1.165) is 0 Å². The third kappa shape index (κ3) is 3.71. The van der Waals surface area contributed by atoms with Gasteiger partial charge in [-0.05, 0) is 18.2 Å². The number of nitrogens with one attached hydrogen (secondary N) is 2. The van der Waals surface area contributed by atoms with E-state index >= 15 is 0 Å². The first kappa shape index (κ1) is 18.4. The van der Waals surface area contributed by atoms with Crippen molar-refractivity contribution in [1.29, 1.82) is 0 Å². The van der Waals surface area contributed by atoms with Gasteiger partial charge < -0.3 is 15.7 Å². The molecule has 26 heavy (non-hydrogen) atoms. The Labute approximate surface area is 153 Å². The van der Waals surface area contributed by atoms with Crippen LogP contribution in [0, 0.1) is 0 Å². The van der Waals surface area contributed by atoms with Gasteiger partial charge in [-0.1, -0.05) is 17.7 Å². The van der Waals surface area contributed by atoms with Crippen LogP contribution in [0.5, 0.6) is 0 Å². The first-order chi connectivity index (χ1) is 12.3. The van der Waals surface area contributed by atoms with Crippen LogP contribution in [0.2, 0.25) is 5.02 Å². The van der Waals surface area contributed by atoms with Gasteiger partial charge in [0.05, 0.1) is 29.5 Å². The molecule has 3 rings (SSSR count). The molecule has 0 fully saturated rings. The molecule has 0 spiro atoms. The molecular weight excluding hydrogens is 384 g/mol. The molecule has 1 aromatic heterocycles. The van der Waals surface area contributed by atoms with Crippen molar-refractivity contribution in [2.24, 2.45) is 0 Å². The van der Waals surface area contributed by atoms with Crippen molar-refractivity contribution in [3.05, 3.63) is 40.5 Å². The van der Waals surface area contributed by atoms with E-state index in [4.69, 9.17) is 16.7 Å². The van der Waals surface area contributed by atoms with Crippen molar-refractivity contribution in [3.8, 4) is 5.69 Å². The average molecular weight is 399 g/mol. The van der Waals surface area contributed by atoms with Gasteiger partial charge in [-0.2, -0.15) is 5.10 Å². The number of carbonyl (C=O) groups excluding carboxylic acids is 2. The predicted octanol–water partition coefficient (Wildman–Crippen LogP) is 0.00110. The lowest BCUT2D eigenvalue weighted by atomic mass is 10.2. The van der Waals surface area contributed by atoms with E-state index < -0.39 is 21.7 Å². The molecule has 9 nitrogen and oxygen atoms in total. The second-order valence-electron chi connectivity index (χ2n) is 5.63. The lowest BCUT2D eigenvalue weighted by molar-refractivity contribution is -0.136. The molecule has 0 saturated heterocycles. The number of fused-ring (bicyclic) bond motifs is 1. The number of sulfone groups is 1. The summed E-state index contributed by atoms with van der Waals surface area (Å²) in [4.78, 5) is 23.9. The molecule has 2 amide bonds. The van der Waals surface area contributed by atoms with Crippen LogP contribution in [0.4, 0.5) is 5.82 Å². The third-order valence-electron chi connectivity index (χ3n) is 3.68. The van der Waals surface area contributed by atoms with Gasteiger partial charge >= 0.3 is 11.8 Å². The van der Waals surface area contributed by atoms with Gasteiger partial charge in [0.25, 0.3) is 0 Å². The molecule has 138 valence electrons. The molecule has 1 aliphatic rings. The number of nitrogens with zero attached hydrogens (tertiary/aromatic N) is 2. The zero-order chi connectivity index (χ0) is 18.9. The van der Waals surface area contributed by atoms with Gasteiger partial charge in [0.15, 0.2) is 9.84 Å². The number of rotatable bonds is 4. The number of aliphatic hydroxyl groups excluding tert-OH is 1. The predicted molar refractivity (Wildman–Crippen MR) is 93.6 cm³/mol. The van der Waals surface area contributed by atoms with Crippen molar-refractivity contribution >= 4 is 39.1 Å². The number of anilines is 1. The summed E-state index contributed by atoms with van der Waals surface area (Å²) in [6.07, 6.45) is 0. The van der Waals surface area contributed by atoms with Crippen LogP contribution in [-0.4, -0.2) is 48.3 Å². The minimum atomic E-state index is -3.35. The standard InChI is InChI=1S/C15H15ClN4O5S/c16-9-2-1-3-10(6-9)20-13(18-15(23)14(22)17-4-5-21)11-7-26(24,25)8-12(11)19-20/h1-3,6,21H,4-5,7-8H2,(H,17,22)(H,18,23). The third-order valence-corrected chi connectivity index (χ3v) is 5.35. The largest absolute Gasteiger partial charge is 0.395 e. The topological polar surface area (TPSA) is 130 Å². The number of hydrogen-bond acceptors (Lipinski definition) is 6. The Morgan fingerprint density at radius 2 is 2.04 bits per heavy atom. The lowest BCUT2D eigenvalue weighted by Crippen LogP contribution is -2.37. The Balaban J connectivity index is 1.99. The Morgan fingerprint density at radius 1 is 1.27 bits per heavy atom. The molecule has 0 bridgehead atoms. The van der Waals surface area contributed by atoms with Crippen molar-refractivity contribution in [3.63, 3.8) is 0 Å². The van der Waals surface area contributed by atoms with Gasteiger partial charge in [0.2, 0.25) is 0 Å². The highest BCUT2D eigenvalue weighted by Gasteiger charge is 2.33. The van der Waals surface area contributed by atoms with Crippen molar-refractivity contribution in [2.75, 3.05) is 18.5 Å². The van der Waals surface area contributed by atoms with Crippen LogP contribution < -0.4 is 10.6 Å². The highest BCUT2D eigenvalue weighted by atomic mass is 35.5. The molecule has 3 N–H and O–H groups in total. The molecule has 2 aromatic rings. The van der Waals surface area contributed by atoms with Crippen LogP contribution >= 0.6 is 11.6 Å². The maximum absolute atomic E-state index is 12.1. The van der Waals surface area contributed by atoms with Crippen LogP contribution in [0.15, 0.2) is 24.3 Å². The zero-order valence-corrected chi connectivity index (χ0v) is 15.0. The van der Waals surface area contributed by atoms with Crippen LogP contribution in [0.1, 0.15) is 11.3 Å². The monoisotopic (exact) mass is 398 g/mol. The molecule has 1 aromatic carbocycles. The molecule has 11 heteroatoms. The van der Waals surface area contributed by atoms with Gasteiger partial charge in [-0.25, -0.2) is 13.1 Å². The summed E-state index contributed by atoms with van der Waals surface area (Å²) >= 11 is 5.99. The number of benzene rings is 1. The fraction of sp³-hybridized carbons (Fsp3) is 0.267. The number of halogens is 1. The Morgan fingerprint density at radius 3 is 2.73 bits per heavy atom. The van der Waals surface area contributed by atoms with E-state index in [1.807, 2.05) is 0 Å². The molecule has 0 radical (unpaired) electrons. The molecular formula is C15H15ClN4O5S. The van der Waals surface area contributed by atoms with E-state index in [0.29, 0.717) is 22.0 Å². The number of hydrogen-bond donors (Lipinski definition) is 3. The molecule has 0 aliphatic carbocycles. The first-order valence-electron chi connectivity index (χ1n) is 7.58. The number of amides is 2. The van der Waals surface area contributed by atoms with E-state index in [1.165, 1.54) is 4.68 Å². The minimum absolute atomic E-state index is 0.0771. The molecule has 0 unspecified atom stereocenters. The van der Waals surface area contributed by atoms with Crippen molar-refractivity contribution in [2.45, 2.75) is 11.5 Å². The van der Waals surface area contributed by atoms with E-state index in [2.05, 4.69) is 15.7 Å². The second kappa shape index (κ2) is 7.06. The van der Waals surface area contributed by atoms with E-state index in [1.54, 1.807) is 24.3 Å². The summed E-state index contributed by atoms with van der Waals surface area (Å²) in [7, 11) is -3.35. The summed E-state index contributed by atoms with van der Waals surface area (Å²) in [5.41, 5.74) is 1.17. The maximum atomic E-state index is 12.1. The second-order valence-corrected chi connectivity index (χ2v) is 8.13. The summed E-state index contributed by atoms with van der Waals surface area (Å²) in [5, 5.41) is 18.1. The van der Waals surface area contributed by atoms with Gasteiger partial charge in [0, 0.05) is 17.1 Å². The van der Waals surface area contributed by atoms with Gasteiger partial charge in [-0.3, -0.25) is 9.59 Å². The number of aliphatic hydroxyl groups is 1. The maximum Gasteiger partial charge on any atom is 0.314 e. The molecule has 0 saturated carbocycles. The number of aromatic nitrogens is 2. The highest BCUT2D eigenvalue weighted by molar-refractivity contribution is 7.90. The van der Waals surface area contributed by atoms with Crippen LogP contribution in [0.3, 0.4) is 0 Å². The smallest absolute Gasteiger partial charge is 0.314 e.